The average Bonchev–Trinajstić information content (AvgIpc) is 3.45. The lowest BCUT2D eigenvalue weighted by molar-refractivity contribution is -0.143. The number of nitrogens with one attached hydrogen (secondary N) is 2. The molecule has 0 saturated carbocycles. The van der Waals surface area contributed by atoms with Crippen LogP contribution in [0.25, 0.3) is 0 Å². The van der Waals surface area contributed by atoms with Crippen molar-refractivity contribution in [2.75, 3.05) is 19.8 Å². The smallest absolute Gasteiger partial charge is 0.305 e. The monoisotopic (exact) mass is 575 g/mol. The Morgan fingerprint density at radius 1 is 0.829 bits per heavy atom. The molecule has 2 aliphatic heterocycles. The van der Waals surface area contributed by atoms with Gasteiger partial charge in [0.2, 0.25) is 5.79 Å². The number of unbranched alkanes of at least 4 members (excludes halogenated alkanes) is 19. The highest BCUT2D eigenvalue weighted by atomic mass is 16.5. The summed E-state index contributed by atoms with van der Waals surface area (Å²) in [5, 5.41) is 15.5. The number of amides is 1. The molecule has 3 N–H and O–H groups in total. The van der Waals surface area contributed by atoms with Gasteiger partial charge in [0, 0.05) is 6.42 Å². The normalized spacial score (nSPS) is 17.8. The molecule has 0 spiro atoms. The molecule has 0 aromatic heterocycles. The fourth-order valence-corrected chi connectivity index (χ4v) is 5.30. The van der Waals surface area contributed by atoms with Crippen molar-refractivity contribution in [2.24, 2.45) is 15.0 Å². The summed E-state index contributed by atoms with van der Waals surface area (Å²) in [7, 11) is 0. The lowest BCUT2D eigenvalue weighted by atomic mass is 10.0. The molecule has 0 radical (unpaired) electrons. The van der Waals surface area contributed by atoms with E-state index < -0.39 is 18.3 Å². The van der Waals surface area contributed by atoms with E-state index >= 15 is 0 Å². The minimum Gasteiger partial charge on any atom is -0.466 e. The molecular weight excluding hydrogens is 518 g/mol. The van der Waals surface area contributed by atoms with E-state index in [4.69, 9.17) is 4.74 Å². The van der Waals surface area contributed by atoms with Crippen LogP contribution in [0.2, 0.25) is 0 Å². The number of ether oxygens (including phenoxy) is 1. The van der Waals surface area contributed by atoms with Gasteiger partial charge in [0.1, 0.15) is 12.9 Å². The Balaban J connectivity index is 1.31. The van der Waals surface area contributed by atoms with Crippen molar-refractivity contribution in [1.29, 1.82) is 0 Å². The van der Waals surface area contributed by atoms with E-state index in [1.54, 1.807) is 0 Å². The summed E-state index contributed by atoms with van der Waals surface area (Å²) in [5.74, 6) is -1.62. The second-order valence-electron chi connectivity index (χ2n) is 11.6. The third-order valence-corrected chi connectivity index (χ3v) is 7.88. The molecule has 0 saturated heterocycles. The minimum atomic E-state index is -1.30. The molecule has 41 heavy (non-hydrogen) atoms. The Bertz CT molecular complexity index is 829. The van der Waals surface area contributed by atoms with Crippen LogP contribution in [-0.2, 0) is 14.3 Å². The summed E-state index contributed by atoms with van der Waals surface area (Å²) in [6.45, 7) is 2.74. The minimum absolute atomic E-state index is 0.131. The summed E-state index contributed by atoms with van der Waals surface area (Å²) < 4.78 is 5.35. The predicted octanol–water partition coefficient (Wildman–Crippen LogP) is 6.38. The van der Waals surface area contributed by atoms with Crippen LogP contribution in [0.1, 0.15) is 148 Å². The first kappa shape index (κ1) is 35.1. The highest BCUT2D eigenvalue weighted by Gasteiger charge is 2.39. The fourth-order valence-electron chi connectivity index (χ4n) is 5.30. The van der Waals surface area contributed by atoms with Crippen LogP contribution >= 0.6 is 0 Å². The van der Waals surface area contributed by atoms with Gasteiger partial charge in [0.05, 0.1) is 6.61 Å². The van der Waals surface area contributed by atoms with Gasteiger partial charge in [-0.3, -0.25) is 14.9 Å². The lowest BCUT2D eigenvalue weighted by Crippen LogP contribution is -2.65. The topological polar surface area (TPSA) is 125 Å². The molecule has 0 bridgehead atoms. The van der Waals surface area contributed by atoms with Crippen molar-refractivity contribution < 1.29 is 19.4 Å². The summed E-state index contributed by atoms with van der Waals surface area (Å²) in [6, 6.07) is 0. The Kier molecular flexibility index (Phi) is 19.2. The van der Waals surface area contributed by atoms with E-state index in [9.17, 15) is 14.7 Å². The Morgan fingerprint density at radius 3 is 1.90 bits per heavy atom. The van der Waals surface area contributed by atoms with E-state index in [0.29, 0.717) is 32.4 Å². The van der Waals surface area contributed by atoms with Gasteiger partial charge in [-0.05, 0) is 25.8 Å². The molecule has 9 nitrogen and oxygen atoms in total. The number of carbonyl (C=O) groups is 2. The van der Waals surface area contributed by atoms with Crippen molar-refractivity contribution in [3.63, 3.8) is 0 Å². The number of nitrogens with zero attached hydrogens (tertiary/aromatic N) is 3. The summed E-state index contributed by atoms with van der Waals surface area (Å²) in [5.41, 5.74) is 0.160. The van der Waals surface area contributed by atoms with E-state index in [1.165, 1.54) is 115 Å². The zero-order valence-electron chi connectivity index (χ0n) is 25.8. The molecule has 1 unspecified atom stereocenters. The van der Waals surface area contributed by atoms with Crippen LogP contribution < -0.4 is 10.6 Å². The first-order valence-corrected chi connectivity index (χ1v) is 16.6. The number of aliphatic hydroxyl groups is 1. The number of aliphatic hydroxyl groups excluding tert-OH is 1. The number of aliphatic imine (C=N–C) groups is 3. The first-order chi connectivity index (χ1) is 20.1. The molecule has 2 heterocycles. The lowest BCUT2D eigenvalue weighted by Gasteiger charge is -2.33. The van der Waals surface area contributed by atoms with Crippen LogP contribution in [0.4, 0.5) is 0 Å². The van der Waals surface area contributed by atoms with Crippen LogP contribution in [0.5, 0.6) is 0 Å². The molecule has 9 heteroatoms. The Labute approximate surface area is 248 Å². The average molecular weight is 576 g/mol. The largest absolute Gasteiger partial charge is 0.466 e. The number of fused-ring (bicyclic) bond motifs is 1. The molecule has 2 aliphatic rings. The van der Waals surface area contributed by atoms with Gasteiger partial charge in [0.15, 0.2) is 11.5 Å². The fraction of sp³-hybridized carbons (Fsp3) is 0.844. The van der Waals surface area contributed by atoms with Gasteiger partial charge in [-0.1, -0.05) is 122 Å². The van der Waals surface area contributed by atoms with Crippen molar-refractivity contribution >= 4 is 29.8 Å². The zero-order valence-corrected chi connectivity index (χ0v) is 25.8. The maximum Gasteiger partial charge on any atom is 0.305 e. The van der Waals surface area contributed by atoms with Crippen molar-refractivity contribution in [1.82, 2.24) is 10.6 Å². The van der Waals surface area contributed by atoms with Crippen molar-refractivity contribution in [2.45, 2.75) is 154 Å². The Hall–Kier alpha value is -2.13. The van der Waals surface area contributed by atoms with Crippen LogP contribution in [0, 0.1) is 0 Å². The molecule has 234 valence electrons. The molecule has 0 aromatic rings. The number of carbonyl (C=O) groups excluding carboxylic acids is 2. The molecule has 1 atom stereocenters. The Morgan fingerprint density at radius 2 is 1.37 bits per heavy atom. The summed E-state index contributed by atoms with van der Waals surface area (Å²) in [4.78, 5) is 36.2. The first-order valence-electron chi connectivity index (χ1n) is 16.6. The number of amidine groups is 1. The number of hydrogen-bond acceptors (Lipinski definition) is 8. The van der Waals surface area contributed by atoms with E-state index in [1.807, 2.05) is 0 Å². The van der Waals surface area contributed by atoms with E-state index in [2.05, 4.69) is 32.5 Å². The van der Waals surface area contributed by atoms with Crippen molar-refractivity contribution in [3.05, 3.63) is 0 Å². The van der Waals surface area contributed by atoms with Gasteiger partial charge in [-0.15, -0.1) is 0 Å². The second-order valence-corrected chi connectivity index (χ2v) is 11.6. The SMILES string of the molecule is CCCCCCCCCCCCCCCCCCCCCC(=O)OCCCCNC1(CO)N=C2N=CN=C2C(=O)N1. The predicted molar refractivity (Wildman–Crippen MR) is 168 cm³/mol. The molecule has 0 aromatic carbocycles. The van der Waals surface area contributed by atoms with Crippen LogP contribution in [0.15, 0.2) is 15.0 Å². The third-order valence-electron chi connectivity index (χ3n) is 7.88. The molecule has 1 amide bonds. The summed E-state index contributed by atoms with van der Waals surface area (Å²) >= 11 is 0. The van der Waals surface area contributed by atoms with Crippen LogP contribution in [0.3, 0.4) is 0 Å². The second kappa shape index (κ2) is 22.5. The molecule has 2 rings (SSSR count). The van der Waals surface area contributed by atoms with Gasteiger partial charge in [0.25, 0.3) is 5.91 Å². The molecular formula is C32H57N5O4. The van der Waals surface area contributed by atoms with Gasteiger partial charge >= 0.3 is 5.97 Å². The van der Waals surface area contributed by atoms with E-state index in [-0.39, 0.29) is 17.5 Å². The standard InChI is InChI=1S/C32H57N5O4/c1-2-3-4-5-6-7-8-9-10-11-12-13-14-15-16-17-18-19-20-23-28(39)41-25-22-21-24-35-32(26-38)36-30-29(31(40)37-32)33-27-34-30/h27,35,38H,2-26H2,1H3,(H,37,40). The summed E-state index contributed by atoms with van der Waals surface area (Å²) in [6.07, 6.45) is 28.6. The quantitative estimate of drug-likeness (QED) is 0.0774. The number of esters is 1. The zero-order chi connectivity index (χ0) is 29.4. The highest BCUT2D eigenvalue weighted by Crippen LogP contribution is 2.15. The maximum atomic E-state index is 12.1. The number of hydrogen-bond donors (Lipinski definition) is 3. The third kappa shape index (κ3) is 15.6. The molecule has 0 fully saturated rings. The van der Waals surface area contributed by atoms with E-state index in [0.717, 1.165) is 12.8 Å². The van der Waals surface area contributed by atoms with Gasteiger partial charge in [-0.2, -0.15) is 0 Å². The van der Waals surface area contributed by atoms with Gasteiger partial charge in [-0.25, -0.2) is 15.0 Å². The highest BCUT2D eigenvalue weighted by molar-refractivity contribution is 6.69. The van der Waals surface area contributed by atoms with Crippen molar-refractivity contribution in [3.8, 4) is 0 Å². The maximum absolute atomic E-state index is 12.1. The number of rotatable bonds is 27. The van der Waals surface area contributed by atoms with Crippen LogP contribution in [-0.4, -0.2) is 60.4 Å². The molecule has 0 aliphatic carbocycles. The van der Waals surface area contributed by atoms with Gasteiger partial charge < -0.3 is 15.2 Å².